The van der Waals surface area contributed by atoms with E-state index in [2.05, 4.69) is 4.98 Å². The normalized spacial score (nSPS) is 11.4. The fraction of sp³-hybridized carbons (Fsp3) is 0.0800. The zero-order valence-electron chi connectivity index (χ0n) is 17.0. The number of aromatic nitrogens is 1. The standard InChI is InChI=1S/C25H19NO5/c1-29-21-9-5-3-7-18(21)23(27)19(24-26-20-8-4-6-10-22(20)31-24)15-16-11-13-17(14-12-16)25(28)30-2/h3-15H,1-2H3. The number of Topliss-reactive ketones (excluding diaryl/α,β-unsaturated/α-hetero) is 1. The molecule has 4 aromatic rings. The number of ketones is 1. The minimum atomic E-state index is -0.431. The van der Waals surface area contributed by atoms with Gasteiger partial charge in [0.2, 0.25) is 11.7 Å². The maximum absolute atomic E-state index is 13.5. The topological polar surface area (TPSA) is 78.6 Å². The molecule has 0 aliphatic rings. The monoisotopic (exact) mass is 413 g/mol. The van der Waals surface area contributed by atoms with Crippen LogP contribution in [-0.4, -0.2) is 31.0 Å². The molecule has 31 heavy (non-hydrogen) atoms. The molecule has 0 aliphatic heterocycles. The molecule has 1 aromatic heterocycles. The molecule has 6 nitrogen and oxygen atoms in total. The number of oxazole rings is 1. The Morgan fingerprint density at radius 2 is 1.61 bits per heavy atom. The highest BCUT2D eigenvalue weighted by Crippen LogP contribution is 2.29. The Hall–Kier alpha value is -4.19. The average molecular weight is 413 g/mol. The molecule has 0 saturated heterocycles. The van der Waals surface area contributed by atoms with Crippen molar-refractivity contribution in [2.45, 2.75) is 0 Å². The number of allylic oxidation sites excluding steroid dienone is 1. The second-order valence-electron chi connectivity index (χ2n) is 6.69. The van der Waals surface area contributed by atoms with Crippen molar-refractivity contribution in [1.82, 2.24) is 4.98 Å². The van der Waals surface area contributed by atoms with Crippen LogP contribution >= 0.6 is 0 Å². The number of fused-ring (bicyclic) bond motifs is 1. The van der Waals surface area contributed by atoms with Crippen LogP contribution in [-0.2, 0) is 4.74 Å². The first-order valence-corrected chi connectivity index (χ1v) is 9.54. The first-order chi connectivity index (χ1) is 15.1. The highest BCUT2D eigenvalue weighted by atomic mass is 16.5. The minimum Gasteiger partial charge on any atom is -0.496 e. The van der Waals surface area contributed by atoms with Crippen LogP contribution in [0.3, 0.4) is 0 Å². The lowest BCUT2D eigenvalue weighted by Crippen LogP contribution is -2.05. The van der Waals surface area contributed by atoms with Gasteiger partial charge in [-0.2, -0.15) is 0 Å². The lowest BCUT2D eigenvalue weighted by molar-refractivity contribution is 0.0600. The summed E-state index contributed by atoms with van der Waals surface area (Å²) in [4.78, 5) is 29.7. The molecule has 154 valence electrons. The van der Waals surface area contributed by atoms with E-state index in [1.54, 1.807) is 60.7 Å². The fourth-order valence-electron chi connectivity index (χ4n) is 3.19. The summed E-state index contributed by atoms with van der Waals surface area (Å²) in [5.41, 5.74) is 3.01. The Labute approximate surface area is 178 Å². The molecule has 1 heterocycles. The van der Waals surface area contributed by atoms with Crippen molar-refractivity contribution in [3.8, 4) is 5.75 Å². The van der Waals surface area contributed by atoms with Crippen molar-refractivity contribution in [3.05, 3.63) is 95.4 Å². The Morgan fingerprint density at radius 1 is 0.903 bits per heavy atom. The van der Waals surface area contributed by atoms with Crippen LogP contribution in [0.2, 0.25) is 0 Å². The van der Waals surface area contributed by atoms with Crippen LogP contribution < -0.4 is 4.74 Å². The summed E-state index contributed by atoms with van der Waals surface area (Å²) in [6, 6.07) is 21.0. The SMILES string of the molecule is COC(=O)c1ccc(C=C(C(=O)c2ccccc2OC)c2nc3ccccc3o2)cc1. The smallest absolute Gasteiger partial charge is 0.337 e. The maximum atomic E-state index is 13.5. The van der Waals surface area contributed by atoms with E-state index in [1.807, 2.05) is 18.2 Å². The highest BCUT2D eigenvalue weighted by Gasteiger charge is 2.23. The van der Waals surface area contributed by atoms with Gasteiger partial charge in [0.15, 0.2) is 5.58 Å². The third-order valence-corrected chi connectivity index (χ3v) is 4.76. The van der Waals surface area contributed by atoms with Crippen molar-refractivity contribution < 1.29 is 23.5 Å². The quantitative estimate of drug-likeness (QED) is 0.250. The van der Waals surface area contributed by atoms with E-state index < -0.39 is 5.97 Å². The van der Waals surface area contributed by atoms with Gasteiger partial charge in [-0.1, -0.05) is 36.4 Å². The number of nitrogens with zero attached hydrogens (tertiary/aromatic N) is 1. The lowest BCUT2D eigenvalue weighted by Gasteiger charge is -2.09. The molecule has 0 unspecified atom stereocenters. The van der Waals surface area contributed by atoms with E-state index in [-0.39, 0.29) is 17.2 Å². The molecular formula is C25H19NO5. The van der Waals surface area contributed by atoms with Gasteiger partial charge in [0, 0.05) is 0 Å². The minimum absolute atomic E-state index is 0.203. The van der Waals surface area contributed by atoms with Crippen molar-refractivity contribution in [2.75, 3.05) is 14.2 Å². The van der Waals surface area contributed by atoms with Crippen LogP contribution in [0, 0.1) is 0 Å². The molecule has 0 atom stereocenters. The number of ether oxygens (including phenoxy) is 2. The van der Waals surface area contributed by atoms with Gasteiger partial charge in [-0.05, 0) is 48.0 Å². The highest BCUT2D eigenvalue weighted by molar-refractivity contribution is 6.32. The molecule has 0 aliphatic carbocycles. The van der Waals surface area contributed by atoms with Crippen molar-refractivity contribution in [1.29, 1.82) is 0 Å². The zero-order valence-corrected chi connectivity index (χ0v) is 17.0. The predicted octanol–water partition coefficient (Wildman–Crippen LogP) is 5.05. The molecule has 0 fully saturated rings. The van der Waals surface area contributed by atoms with Crippen LogP contribution in [0.1, 0.15) is 32.2 Å². The summed E-state index contributed by atoms with van der Waals surface area (Å²) in [7, 11) is 2.84. The molecular weight excluding hydrogens is 394 g/mol. The number of carbonyl (C=O) groups excluding carboxylic acids is 2. The number of hydrogen-bond donors (Lipinski definition) is 0. The lowest BCUT2D eigenvalue weighted by atomic mass is 9.99. The second-order valence-corrected chi connectivity index (χ2v) is 6.69. The number of para-hydroxylation sites is 3. The number of esters is 1. The second kappa shape index (κ2) is 8.67. The molecule has 0 amide bonds. The molecule has 0 N–H and O–H groups in total. The van der Waals surface area contributed by atoms with Gasteiger partial charge in [0.1, 0.15) is 11.3 Å². The molecule has 0 radical (unpaired) electrons. The van der Waals surface area contributed by atoms with Gasteiger partial charge in [0.05, 0.1) is 30.9 Å². The van der Waals surface area contributed by atoms with Gasteiger partial charge < -0.3 is 13.9 Å². The van der Waals surface area contributed by atoms with E-state index in [1.165, 1.54) is 14.2 Å². The van der Waals surface area contributed by atoms with Gasteiger partial charge in [0.25, 0.3) is 0 Å². The van der Waals surface area contributed by atoms with Crippen LogP contribution in [0.4, 0.5) is 0 Å². The van der Waals surface area contributed by atoms with Gasteiger partial charge in [-0.25, -0.2) is 9.78 Å². The van der Waals surface area contributed by atoms with Gasteiger partial charge in [-0.3, -0.25) is 4.79 Å². The van der Waals surface area contributed by atoms with E-state index in [0.29, 0.717) is 33.5 Å². The number of benzene rings is 3. The summed E-state index contributed by atoms with van der Waals surface area (Å²) >= 11 is 0. The van der Waals surface area contributed by atoms with Crippen LogP contribution in [0.5, 0.6) is 5.75 Å². The average Bonchev–Trinajstić information content (AvgIpc) is 3.26. The van der Waals surface area contributed by atoms with Crippen molar-refractivity contribution in [2.24, 2.45) is 0 Å². The fourth-order valence-corrected chi connectivity index (χ4v) is 3.19. The Kier molecular flexibility index (Phi) is 5.62. The third kappa shape index (κ3) is 4.09. The molecule has 0 bridgehead atoms. The molecule has 6 heteroatoms. The summed E-state index contributed by atoms with van der Waals surface area (Å²) in [5.74, 6) is -0.0643. The van der Waals surface area contributed by atoms with Crippen LogP contribution in [0.15, 0.2) is 77.2 Å². The molecule has 4 rings (SSSR count). The van der Waals surface area contributed by atoms with Crippen LogP contribution in [0.25, 0.3) is 22.7 Å². The van der Waals surface area contributed by atoms with Gasteiger partial charge in [-0.15, -0.1) is 0 Å². The first kappa shape index (κ1) is 20.1. The molecule has 0 spiro atoms. The third-order valence-electron chi connectivity index (χ3n) is 4.76. The Morgan fingerprint density at radius 3 is 2.32 bits per heavy atom. The van der Waals surface area contributed by atoms with E-state index in [0.717, 1.165) is 0 Å². The zero-order chi connectivity index (χ0) is 21.8. The summed E-state index contributed by atoms with van der Waals surface area (Å²) < 4.78 is 16.0. The van der Waals surface area contributed by atoms with Crippen molar-refractivity contribution >= 4 is 34.5 Å². The van der Waals surface area contributed by atoms with Crippen molar-refractivity contribution in [3.63, 3.8) is 0 Å². The van der Waals surface area contributed by atoms with E-state index in [9.17, 15) is 9.59 Å². The summed E-state index contributed by atoms with van der Waals surface area (Å²) in [6.07, 6.45) is 1.68. The predicted molar refractivity (Wildman–Crippen MR) is 117 cm³/mol. The first-order valence-electron chi connectivity index (χ1n) is 9.54. The number of rotatable bonds is 6. The number of methoxy groups -OCH3 is 2. The van der Waals surface area contributed by atoms with E-state index in [4.69, 9.17) is 13.9 Å². The van der Waals surface area contributed by atoms with Gasteiger partial charge >= 0.3 is 5.97 Å². The number of carbonyl (C=O) groups is 2. The summed E-state index contributed by atoms with van der Waals surface area (Å²) in [6.45, 7) is 0. The van der Waals surface area contributed by atoms with E-state index >= 15 is 0 Å². The number of hydrogen-bond acceptors (Lipinski definition) is 6. The molecule has 3 aromatic carbocycles. The maximum Gasteiger partial charge on any atom is 0.337 e. The Balaban J connectivity index is 1.83. The summed E-state index contributed by atoms with van der Waals surface area (Å²) in [5, 5.41) is 0. The molecule has 0 saturated carbocycles. The Bertz CT molecular complexity index is 1250. The largest absolute Gasteiger partial charge is 0.496 e.